The summed E-state index contributed by atoms with van der Waals surface area (Å²) in [6, 6.07) is 0. The third-order valence-electron chi connectivity index (χ3n) is 2.36. The summed E-state index contributed by atoms with van der Waals surface area (Å²) in [5.41, 5.74) is 5.74. The number of aldehydes is 1. The Balaban J connectivity index is 2.78. The van der Waals surface area contributed by atoms with Gasteiger partial charge in [0.05, 0.1) is 18.1 Å². The number of aromatic nitrogens is 2. The van der Waals surface area contributed by atoms with Crippen LogP contribution in [0, 0.1) is 0 Å². The smallest absolute Gasteiger partial charge is 0.273 e. The fraction of sp³-hybridized carbons (Fsp3) is 0.231. The Morgan fingerprint density at radius 3 is 2.45 bits per heavy atom. The molecule has 106 valence electrons. The van der Waals surface area contributed by atoms with Crippen molar-refractivity contribution in [2.24, 2.45) is 5.73 Å². The molecule has 0 aliphatic heterocycles. The molecule has 0 fully saturated rings. The van der Waals surface area contributed by atoms with Crippen LogP contribution in [0.1, 0.15) is 10.5 Å². The van der Waals surface area contributed by atoms with Crippen molar-refractivity contribution in [3.05, 3.63) is 42.1 Å². The molecule has 1 amide bonds. The second-order valence-corrected chi connectivity index (χ2v) is 4.20. The van der Waals surface area contributed by atoms with Crippen molar-refractivity contribution in [1.29, 1.82) is 0 Å². The lowest BCUT2D eigenvalue weighted by molar-refractivity contribution is -0.104. The molecule has 0 aromatic carbocycles. The lowest BCUT2D eigenvalue weighted by Gasteiger charge is -2.13. The van der Waals surface area contributed by atoms with Gasteiger partial charge in [0.1, 0.15) is 5.69 Å². The first kappa shape index (κ1) is 15.4. The van der Waals surface area contributed by atoms with Crippen molar-refractivity contribution in [2.75, 3.05) is 26.0 Å². The summed E-state index contributed by atoms with van der Waals surface area (Å²) >= 11 is 0. The van der Waals surface area contributed by atoms with Gasteiger partial charge in [-0.2, -0.15) is 0 Å². The fourth-order valence-electron chi connectivity index (χ4n) is 1.24. The molecule has 0 saturated carbocycles. The molecule has 1 aromatic rings. The van der Waals surface area contributed by atoms with Crippen LogP contribution in [0.2, 0.25) is 0 Å². The summed E-state index contributed by atoms with van der Waals surface area (Å²) < 4.78 is 0. The molecular weight excluding hydrogens is 258 g/mol. The van der Waals surface area contributed by atoms with Gasteiger partial charge in [-0.05, 0) is 12.2 Å². The van der Waals surface area contributed by atoms with Crippen LogP contribution in [0.3, 0.4) is 0 Å². The zero-order chi connectivity index (χ0) is 15.1. The molecule has 0 spiro atoms. The van der Waals surface area contributed by atoms with Gasteiger partial charge in [0.25, 0.3) is 5.91 Å². The Labute approximate surface area is 117 Å². The molecule has 7 nitrogen and oxygen atoms in total. The third-order valence-corrected chi connectivity index (χ3v) is 2.36. The molecule has 20 heavy (non-hydrogen) atoms. The Bertz CT molecular complexity index is 534. The molecule has 1 heterocycles. The van der Waals surface area contributed by atoms with Gasteiger partial charge in [-0.3, -0.25) is 9.59 Å². The highest BCUT2D eigenvalue weighted by Gasteiger charge is 2.10. The van der Waals surface area contributed by atoms with E-state index in [4.69, 9.17) is 5.73 Å². The van der Waals surface area contributed by atoms with Crippen LogP contribution in [0.4, 0.5) is 5.82 Å². The van der Waals surface area contributed by atoms with E-state index in [0.717, 1.165) is 0 Å². The highest BCUT2D eigenvalue weighted by atomic mass is 16.2. The van der Waals surface area contributed by atoms with Crippen LogP contribution in [-0.2, 0) is 4.79 Å². The zero-order valence-corrected chi connectivity index (χ0v) is 11.6. The summed E-state index contributed by atoms with van der Waals surface area (Å²) in [5, 5.41) is 0. The quantitative estimate of drug-likeness (QED) is 0.468. The molecule has 1 rings (SSSR count). The van der Waals surface area contributed by atoms with Crippen LogP contribution in [-0.4, -0.2) is 48.2 Å². The number of nitrogens with zero attached hydrogens (tertiary/aromatic N) is 4. The van der Waals surface area contributed by atoms with Crippen molar-refractivity contribution < 1.29 is 9.59 Å². The Morgan fingerprint density at radius 1 is 1.25 bits per heavy atom. The van der Waals surface area contributed by atoms with E-state index in [9.17, 15) is 9.59 Å². The van der Waals surface area contributed by atoms with Gasteiger partial charge in [-0.15, -0.1) is 0 Å². The van der Waals surface area contributed by atoms with Crippen molar-refractivity contribution in [3.63, 3.8) is 0 Å². The van der Waals surface area contributed by atoms with Crippen molar-refractivity contribution in [2.45, 2.75) is 0 Å². The van der Waals surface area contributed by atoms with E-state index in [1.165, 1.54) is 23.4 Å². The number of carbonyl (C=O) groups excluding carboxylic acids is 2. The molecule has 0 radical (unpaired) electrons. The number of hydrogen-bond acceptors (Lipinski definition) is 6. The van der Waals surface area contributed by atoms with Crippen LogP contribution >= 0.6 is 0 Å². The van der Waals surface area contributed by atoms with E-state index in [-0.39, 0.29) is 17.3 Å². The van der Waals surface area contributed by atoms with Gasteiger partial charge in [0.2, 0.25) is 0 Å². The summed E-state index contributed by atoms with van der Waals surface area (Å²) in [4.78, 5) is 33.3. The summed E-state index contributed by atoms with van der Waals surface area (Å²) in [6.07, 6.45) is 8.23. The molecule has 1 aromatic heterocycles. The average Bonchev–Trinajstić information content (AvgIpc) is 2.46. The highest BCUT2D eigenvalue weighted by molar-refractivity contribution is 5.91. The number of amides is 1. The Morgan fingerprint density at radius 2 is 1.95 bits per heavy atom. The van der Waals surface area contributed by atoms with Crippen molar-refractivity contribution in [3.8, 4) is 0 Å². The lowest BCUT2D eigenvalue weighted by atomic mass is 10.4. The predicted molar refractivity (Wildman–Crippen MR) is 75.9 cm³/mol. The summed E-state index contributed by atoms with van der Waals surface area (Å²) in [6.45, 7) is 0. The van der Waals surface area contributed by atoms with Gasteiger partial charge in [0, 0.05) is 27.3 Å². The standard InChI is InChI=1S/C13H17N5O2/c1-17(2)13(20)11-7-16-12(8-15-11)18(3)6-4-5-10(14)9-19/h4-9H,14H2,1-3H3/b6-4-,10-5+. The number of anilines is 1. The van der Waals surface area contributed by atoms with E-state index in [1.807, 2.05) is 0 Å². The first-order valence-corrected chi connectivity index (χ1v) is 5.81. The maximum absolute atomic E-state index is 11.6. The number of allylic oxidation sites excluding steroid dienone is 3. The number of hydrogen-bond donors (Lipinski definition) is 1. The van der Waals surface area contributed by atoms with E-state index in [2.05, 4.69) is 9.97 Å². The van der Waals surface area contributed by atoms with Crippen molar-refractivity contribution >= 4 is 18.0 Å². The second kappa shape index (κ2) is 7.03. The molecular formula is C13H17N5O2. The molecule has 2 N–H and O–H groups in total. The largest absolute Gasteiger partial charge is 0.396 e. The van der Waals surface area contributed by atoms with Crippen molar-refractivity contribution in [1.82, 2.24) is 14.9 Å². The minimum Gasteiger partial charge on any atom is -0.396 e. The number of carbonyl (C=O) groups is 2. The molecule has 0 aliphatic rings. The summed E-state index contributed by atoms with van der Waals surface area (Å²) in [7, 11) is 5.06. The predicted octanol–water partition coefficient (Wildman–Crippen LogP) is 0.170. The minimum atomic E-state index is -0.205. The molecule has 0 bridgehead atoms. The number of rotatable bonds is 5. The monoisotopic (exact) mass is 275 g/mol. The van der Waals surface area contributed by atoms with Crippen LogP contribution in [0.15, 0.2) is 36.4 Å². The topological polar surface area (TPSA) is 92.4 Å². The van der Waals surface area contributed by atoms with Gasteiger partial charge >= 0.3 is 0 Å². The van der Waals surface area contributed by atoms with Crippen LogP contribution in [0.25, 0.3) is 0 Å². The Kier molecular flexibility index (Phi) is 5.40. The molecule has 0 atom stereocenters. The van der Waals surface area contributed by atoms with E-state index in [1.54, 1.807) is 38.3 Å². The SMILES string of the molecule is CN(C)C(=O)c1cnc(N(C)/C=C\C=C(\N)C=O)cn1. The van der Waals surface area contributed by atoms with E-state index >= 15 is 0 Å². The summed E-state index contributed by atoms with van der Waals surface area (Å²) in [5.74, 6) is 0.360. The zero-order valence-electron chi connectivity index (χ0n) is 11.6. The highest BCUT2D eigenvalue weighted by Crippen LogP contribution is 2.08. The second-order valence-electron chi connectivity index (χ2n) is 4.20. The fourth-order valence-corrected chi connectivity index (χ4v) is 1.24. The van der Waals surface area contributed by atoms with Gasteiger partial charge < -0.3 is 15.5 Å². The van der Waals surface area contributed by atoms with Crippen LogP contribution < -0.4 is 10.6 Å². The molecule has 0 aliphatic carbocycles. The first-order valence-electron chi connectivity index (χ1n) is 5.81. The van der Waals surface area contributed by atoms with E-state index < -0.39 is 0 Å². The normalized spacial score (nSPS) is 11.4. The van der Waals surface area contributed by atoms with Gasteiger partial charge in [0.15, 0.2) is 12.1 Å². The van der Waals surface area contributed by atoms with Gasteiger partial charge in [-0.1, -0.05) is 0 Å². The third kappa shape index (κ3) is 4.20. The Hall–Kier alpha value is -2.70. The first-order chi connectivity index (χ1) is 9.45. The molecule has 0 saturated heterocycles. The lowest BCUT2D eigenvalue weighted by Crippen LogP contribution is -2.23. The molecule has 0 unspecified atom stereocenters. The number of nitrogens with two attached hydrogens (primary N) is 1. The van der Waals surface area contributed by atoms with E-state index in [0.29, 0.717) is 12.1 Å². The minimum absolute atomic E-state index is 0.132. The van der Waals surface area contributed by atoms with Gasteiger partial charge in [-0.25, -0.2) is 9.97 Å². The maximum Gasteiger partial charge on any atom is 0.273 e. The molecule has 7 heteroatoms. The maximum atomic E-state index is 11.6. The van der Waals surface area contributed by atoms with Crippen LogP contribution in [0.5, 0.6) is 0 Å². The average molecular weight is 275 g/mol.